The number of fused-ring (bicyclic) bond motifs is 1. The molecule has 1 aliphatic heterocycles. The fourth-order valence-electron chi connectivity index (χ4n) is 3.95. The lowest BCUT2D eigenvalue weighted by Crippen LogP contribution is -2.28. The summed E-state index contributed by atoms with van der Waals surface area (Å²) >= 11 is 0. The molecule has 0 aliphatic carbocycles. The van der Waals surface area contributed by atoms with E-state index < -0.39 is 0 Å². The molecular formula is C23H24N2O. The van der Waals surface area contributed by atoms with Crippen LogP contribution in [0, 0.1) is 11.3 Å². The van der Waals surface area contributed by atoms with Crippen LogP contribution in [0.25, 0.3) is 22.1 Å². The largest absolute Gasteiger partial charge is 0.461 e. The summed E-state index contributed by atoms with van der Waals surface area (Å²) < 4.78 is 6.02. The number of benzene rings is 2. The van der Waals surface area contributed by atoms with Gasteiger partial charge >= 0.3 is 0 Å². The van der Waals surface area contributed by atoms with E-state index in [1.54, 1.807) is 0 Å². The third-order valence-corrected chi connectivity index (χ3v) is 5.45. The predicted molar refractivity (Wildman–Crippen MR) is 105 cm³/mol. The Morgan fingerprint density at radius 1 is 1.15 bits per heavy atom. The van der Waals surface area contributed by atoms with Crippen molar-refractivity contribution >= 4 is 11.0 Å². The highest BCUT2D eigenvalue weighted by molar-refractivity contribution is 5.84. The van der Waals surface area contributed by atoms with Crippen LogP contribution in [-0.2, 0) is 6.42 Å². The van der Waals surface area contributed by atoms with Crippen molar-refractivity contribution in [2.75, 3.05) is 13.1 Å². The summed E-state index contributed by atoms with van der Waals surface area (Å²) in [6.45, 7) is 4.73. The van der Waals surface area contributed by atoms with Gasteiger partial charge < -0.3 is 9.32 Å². The van der Waals surface area contributed by atoms with E-state index in [1.807, 2.05) is 30.3 Å². The summed E-state index contributed by atoms with van der Waals surface area (Å²) in [6.07, 6.45) is 4.79. The van der Waals surface area contributed by atoms with Crippen LogP contribution >= 0.6 is 0 Å². The van der Waals surface area contributed by atoms with E-state index in [0.717, 1.165) is 53.3 Å². The van der Waals surface area contributed by atoms with Crippen molar-refractivity contribution in [2.45, 2.75) is 38.6 Å². The van der Waals surface area contributed by atoms with E-state index in [2.05, 4.69) is 36.1 Å². The molecule has 1 atom stereocenters. The highest BCUT2D eigenvalue weighted by Crippen LogP contribution is 2.28. The quantitative estimate of drug-likeness (QED) is 0.623. The lowest BCUT2D eigenvalue weighted by atomic mass is 10.0. The van der Waals surface area contributed by atoms with Crippen LogP contribution in [0.3, 0.4) is 0 Å². The van der Waals surface area contributed by atoms with Gasteiger partial charge in [-0.05, 0) is 80.7 Å². The van der Waals surface area contributed by atoms with Crippen molar-refractivity contribution in [1.82, 2.24) is 4.90 Å². The van der Waals surface area contributed by atoms with Crippen LogP contribution in [0.15, 0.2) is 52.9 Å². The first-order chi connectivity index (χ1) is 12.7. The molecule has 3 heteroatoms. The number of rotatable bonds is 5. The van der Waals surface area contributed by atoms with Crippen LogP contribution in [0.5, 0.6) is 0 Å². The van der Waals surface area contributed by atoms with Crippen LogP contribution in [-0.4, -0.2) is 24.0 Å². The molecule has 0 saturated carbocycles. The van der Waals surface area contributed by atoms with Gasteiger partial charge in [-0.15, -0.1) is 0 Å². The van der Waals surface area contributed by atoms with Gasteiger partial charge in [0.15, 0.2) is 0 Å². The van der Waals surface area contributed by atoms with Crippen molar-refractivity contribution in [3.8, 4) is 17.2 Å². The molecule has 3 aromatic rings. The van der Waals surface area contributed by atoms with E-state index in [-0.39, 0.29) is 0 Å². The minimum atomic E-state index is 0.687. The monoisotopic (exact) mass is 344 g/mol. The first-order valence-corrected chi connectivity index (χ1v) is 9.50. The third-order valence-electron chi connectivity index (χ3n) is 5.45. The second-order valence-electron chi connectivity index (χ2n) is 7.29. The molecule has 1 aliphatic rings. The summed E-state index contributed by atoms with van der Waals surface area (Å²) in [5.41, 5.74) is 3.81. The zero-order valence-electron chi connectivity index (χ0n) is 15.2. The highest BCUT2D eigenvalue weighted by Gasteiger charge is 2.19. The zero-order valence-corrected chi connectivity index (χ0v) is 15.2. The minimum Gasteiger partial charge on any atom is -0.461 e. The summed E-state index contributed by atoms with van der Waals surface area (Å²) in [6, 6.07) is 19.1. The Morgan fingerprint density at radius 2 is 2.04 bits per heavy atom. The molecule has 26 heavy (non-hydrogen) atoms. The lowest BCUT2D eigenvalue weighted by molar-refractivity contribution is 0.263. The molecule has 3 nitrogen and oxygen atoms in total. The molecule has 1 saturated heterocycles. The molecule has 0 radical (unpaired) electrons. The summed E-state index contributed by atoms with van der Waals surface area (Å²) in [7, 11) is 0. The maximum absolute atomic E-state index is 9.09. The molecule has 2 heterocycles. The van der Waals surface area contributed by atoms with Gasteiger partial charge in [-0.1, -0.05) is 18.2 Å². The van der Waals surface area contributed by atoms with E-state index in [0.29, 0.717) is 5.56 Å². The number of nitrogens with zero attached hydrogens (tertiary/aromatic N) is 2. The predicted octanol–water partition coefficient (Wildman–Crippen LogP) is 5.39. The molecule has 0 amide bonds. The number of aryl methyl sites for hydroxylation is 1. The Kier molecular flexibility index (Phi) is 4.77. The van der Waals surface area contributed by atoms with Crippen molar-refractivity contribution in [3.05, 3.63) is 59.9 Å². The van der Waals surface area contributed by atoms with Crippen LogP contribution in [0.4, 0.5) is 0 Å². The molecule has 0 unspecified atom stereocenters. The number of hydrogen-bond acceptors (Lipinski definition) is 3. The van der Waals surface area contributed by atoms with Crippen molar-refractivity contribution in [1.29, 1.82) is 5.26 Å². The first kappa shape index (κ1) is 16.9. The normalized spacial score (nSPS) is 17.6. The molecule has 0 spiro atoms. The Balaban J connectivity index is 1.48. The van der Waals surface area contributed by atoms with E-state index >= 15 is 0 Å². The number of hydrogen-bond donors (Lipinski definition) is 0. The zero-order chi connectivity index (χ0) is 17.9. The Bertz CT molecular complexity index is 950. The maximum atomic E-state index is 9.09. The smallest absolute Gasteiger partial charge is 0.134 e. The summed E-state index contributed by atoms with van der Waals surface area (Å²) in [5, 5.41) is 10.2. The minimum absolute atomic E-state index is 0.687. The molecule has 1 fully saturated rings. The van der Waals surface area contributed by atoms with Crippen molar-refractivity contribution in [3.63, 3.8) is 0 Å². The summed E-state index contributed by atoms with van der Waals surface area (Å²) in [5.74, 6) is 1.06. The van der Waals surface area contributed by atoms with Gasteiger partial charge in [0.1, 0.15) is 11.3 Å². The standard InChI is InChI=1S/C23H24N2O/c1-17-5-3-11-25(17)12-4-8-22-15-21-14-20(9-10-23(21)26-22)19-7-2-6-18(13-19)16-24/h2,6-7,9-10,13-15,17H,3-5,8,11-12H2,1H3/t17-/m1/s1. The first-order valence-electron chi connectivity index (χ1n) is 9.50. The number of likely N-dealkylation sites (tertiary alicyclic amines) is 1. The van der Waals surface area contributed by atoms with Crippen LogP contribution in [0.1, 0.15) is 37.5 Å². The molecule has 0 bridgehead atoms. The molecule has 132 valence electrons. The number of furan rings is 1. The van der Waals surface area contributed by atoms with E-state index in [4.69, 9.17) is 9.68 Å². The fourth-order valence-corrected chi connectivity index (χ4v) is 3.95. The third kappa shape index (κ3) is 3.52. The molecule has 4 rings (SSSR count). The van der Waals surface area contributed by atoms with Gasteiger partial charge in [0, 0.05) is 17.8 Å². The van der Waals surface area contributed by atoms with Crippen molar-refractivity contribution < 1.29 is 4.42 Å². The average Bonchev–Trinajstić information content (AvgIpc) is 3.27. The topological polar surface area (TPSA) is 40.2 Å². The van der Waals surface area contributed by atoms with Crippen LogP contribution in [0.2, 0.25) is 0 Å². The molecular weight excluding hydrogens is 320 g/mol. The second-order valence-corrected chi connectivity index (χ2v) is 7.29. The van der Waals surface area contributed by atoms with Crippen molar-refractivity contribution in [2.24, 2.45) is 0 Å². The van der Waals surface area contributed by atoms with Gasteiger partial charge in [-0.25, -0.2) is 0 Å². The Hall–Kier alpha value is -2.57. The van der Waals surface area contributed by atoms with Gasteiger partial charge in [0.05, 0.1) is 11.6 Å². The maximum Gasteiger partial charge on any atom is 0.134 e. The molecule has 2 aromatic carbocycles. The van der Waals surface area contributed by atoms with Crippen LogP contribution < -0.4 is 0 Å². The van der Waals surface area contributed by atoms with E-state index in [9.17, 15) is 0 Å². The van der Waals surface area contributed by atoms with Gasteiger partial charge in [0.2, 0.25) is 0 Å². The number of nitriles is 1. The van der Waals surface area contributed by atoms with E-state index in [1.165, 1.54) is 19.4 Å². The highest BCUT2D eigenvalue weighted by atomic mass is 16.3. The average molecular weight is 344 g/mol. The Morgan fingerprint density at radius 3 is 2.85 bits per heavy atom. The molecule has 1 aromatic heterocycles. The molecule has 0 N–H and O–H groups in total. The fraction of sp³-hybridized carbons (Fsp3) is 0.348. The van der Waals surface area contributed by atoms with Gasteiger partial charge in [0.25, 0.3) is 0 Å². The lowest BCUT2D eigenvalue weighted by Gasteiger charge is -2.20. The van der Waals surface area contributed by atoms with Gasteiger partial charge in [-0.3, -0.25) is 0 Å². The Labute approximate surface area is 154 Å². The van der Waals surface area contributed by atoms with Gasteiger partial charge in [-0.2, -0.15) is 5.26 Å². The second kappa shape index (κ2) is 7.35. The SMILES string of the molecule is C[C@@H]1CCCN1CCCc1cc2cc(-c3cccc(C#N)c3)ccc2o1. The summed E-state index contributed by atoms with van der Waals surface area (Å²) in [4.78, 5) is 2.59.